The highest BCUT2D eigenvalue weighted by atomic mass is 32.2. The minimum absolute atomic E-state index is 0.138. The second-order valence-electron chi connectivity index (χ2n) is 7.15. The molecule has 2 aliphatic heterocycles. The summed E-state index contributed by atoms with van der Waals surface area (Å²) in [6.45, 7) is 1.42. The van der Waals surface area contributed by atoms with E-state index >= 15 is 0 Å². The number of nitrogens with one attached hydrogen (secondary N) is 1. The second kappa shape index (κ2) is 8.53. The summed E-state index contributed by atoms with van der Waals surface area (Å²) in [6, 6.07) is 10.6. The number of nitrogens with zero attached hydrogens (tertiary/aromatic N) is 1. The van der Waals surface area contributed by atoms with E-state index in [4.69, 9.17) is 14.2 Å². The molecule has 1 saturated heterocycles. The molecular weight excluding hydrogens is 408 g/mol. The van der Waals surface area contributed by atoms with Crippen LogP contribution >= 0.6 is 0 Å². The van der Waals surface area contributed by atoms with Crippen molar-refractivity contribution in [2.24, 2.45) is 0 Å². The smallest absolute Gasteiger partial charge is 0.243 e. The van der Waals surface area contributed by atoms with E-state index in [1.807, 2.05) is 0 Å². The Morgan fingerprint density at radius 2 is 1.80 bits per heavy atom. The van der Waals surface area contributed by atoms with E-state index < -0.39 is 16.1 Å². The van der Waals surface area contributed by atoms with Gasteiger partial charge in [0.15, 0.2) is 11.5 Å². The first-order valence-electron chi connectivity index (χ1n) is 9.85. The molecule has 0 saturated carbocycles. The van der Waals surface area contributed by atoms with Crippen LogP contribution in [-0.4, -0.2) is 51.5 Å². The zero-order valence-electron chi connectivity index (χ0n) is 16.7. The lowest BCUT2D eigenvalue weighted by atomic mass is 10.2. The predicted molar refractivity (Wildman–Crippen MR) is 111 cm³/mol. The zero-order valence-corrected chi connectivity index (χ0v) is 17.5. The first kappa shape index (κ1) is 20.5. The number of fused-ring (bicyclic) bond motifs is 1. The Labute approximate surface area is 175 Å². The lowest BCUT2D eigenvalue weighted by Crippen LogP contribution is -2.43. The summed E-state index contributed by atoms with van der Waals surface area (Å²) in [5.74, 6) is 1.41. The van der Waals surface area contributed by atoms with Crippen molar-refractivity contribution in [3.8, 4) is 17.2 Å². The Bertz CT molecular complexity index is 1020. The Balaban J connectivity index is 1.51. The summed E-state index contributed by atoms with van der Waals surface area (Å²) >= 11 is 0. The number of benzene rings is 2. The van der Waals surface area contributed by atoms with Crippen LogP contribution in [0.15, 0.2) is 47.4 Å². The first-order chi connectivity index (χ1) is 14.5. The maximum absolute atomic E-state index is 13.1. The molecule has 8 nitrogen and oxygen atoms in total. The van der Waals surface area contributed by atoms with Crippen LogP contribution in [0.5, 0.6) is 17.2 Å². The molecule has 1 N–H and O–H groups in total. The van der Waals surface area contributed by atoms with Crippen molar-refractivity contribution in [3.05, 3.63) is 42.5 Å². The monoisotopic (exact) mass is 432 g/mol. The molecule has 30 heavy (non-hydrogen) atoms. The fourth-order valence-corrected chi connectivity index (χ4v) is 5.30. The zero-order chi connectivity index (χ0) is 21.1. The molecule has 1 fully saturated rings. The molecule has 160 valence electrons. The van der Waals surface area contributed by atoms with Crippen molar-refractivity contribution in [3.63, 3.8) is 0 Å². The Hall–Kier alpha value is -2.78. The fraction of sp³-hybridized carbons (Fsp3) is 0.381. The standard InChI is InChI=1S/C21H24N2O6S/c1-27-16-6-8-17(9-7-16)30(25,26)23-11-2-4-18(23)21(24)22-15-5-10-19-20(14-15)29-13-3-12-28-19/h5-10,14,18H,2-4,11-13H2,1H3,(H,22,24). The molecule has 0 radical (unpaired) electrons. The van der Waals surface area contributed by atoms with Gasteiger partial charge in [0, 0.05) is 24.7 Å². The first-order valence-corrected chi connectivity index (χ1v) is 11.3. The van der Waals surface area contributed by atoms with Crippen LogP contribution in [0.25, 0.3) is 0 Å². The molecule has 2 aromatic rings. The van der Waals surface area contributed by atoms with Gasteiger partial charge in [0.05, 0.1) is 25.2 Å². The quantitative estimate of drug-likeness (QED) is 0.781. The van der Waals surface area contributed by atoms with E-state index in [1.54, 1.807) is 30.3 Å². The highest BCUT2D eigenvalue weighted by Crippen LogP contribution is 2.33. The van der Waals surface area contributed by atoms with Gasteiger partial charge in [0.25, 0.3) is 0 Å². The van der Waals surface area contributed by atoms with Gasteiger partial charge >= 0.3 is 0 Å². The Morgan fingerprint density at radius 3 is 2.53 bits per heavy atom. The average molecular weight is 432 g/mol. The number of hydrogen-bond acceptors (Lipinski definition) is 6. The normalized spacial score (nSPS) is 19.2. The number of sulfonamides is 1. The van der Waals surface area contributed by atoms with E-state index in [-0.39, 0.29) is 10.8 Å². The number of methoxy groups -OCH3 is 1. The van der Waals surface area contributed by atoms with E-state index in [1.165, 1.54) is 23.5 Å². The van der Waals surface area contributed by atoms with Crippen molar-refractivity contribution in [2.45, 2.75) is 30.2 Å². The number of rotatable bonds is 5. The van der Waals surface area contributed by atoms with Crippen LogP contribution in [0.4, 0.5) is 5.69 Å². The van der Waals surface area contributed by atoms with E-state index in [0.717, 1.165) is 6.42 Å². The third-order valence-electron chi connectivity index (χ3n) is 5.19. The molecule has 9 heteroatoms. The minimum atomic E-state index is -3.80. The second-order valence-corrected chi connectivity index (χ2v) is 9.04. The summed E-state index contributed by atoms with van der Waals surface area (Å²) in [7, 11) is -2.28. The topological polar surface area (TPSA) is 94.2 Å². The van der Waals surface area contributed by atoms with Gasteiger partial charge in [-0.1, -0.05) is 0 Å². The maximum Gasteiger partial charge on any atom is 0.243 e. The van der Waals surface area contributed by atoms with E-state index in [0.29, 0.717) is 55.5 Å². The Kier molecular flexibility index (Phi) is 5.83. The molecule has 2 heterocycles. The van der Waals surface area contributed by atoms with Crippen molar-refractivity contribution in [1.82, 2.24) is 4.31 Å². The molecule has 1 atom stereocenters. The summed E-state index contributed by atoms with van der Waals surface area (Å²) in [5.41, 5.74) is 0.540. The molecule has 0 aliphatic carbocycles. The highest BCUT2D eigenvalue weighted by Gasteiger charge is 2.39. The molecular formula is C21H24N2O6S. The van der Waals surface area contributed by atoms with Gasteiger partial charge in [0.1, 0.15) is 11.8 Å². The molecule has 2 aromatic carbocycles. The lowest BCUT2D eigenvalue weighted by molar-refractivity contribution is -0.119. The van der Waals surface area contributed by atoms with Gasteiger partial charge in [-0.3, -0.25) is 4.79 Å². The van der Waals surface area contributed by atoms with Gasteiger partial charge in [-0.15, -0.1) is 0 Å². The maximum atomic E-state index is 13.1. The lowest BCUT2D eigenvalue weighted by Gasteiger charge is -2.23. The van der Waals surface area contributed by atoms with Crippen molar-refractivity contribution >= 4 is 21.6 Å². The summed E-state index contributed by atoms with van der Waals surface area (Å²) in [4.78, 5) is 13.1. The largest absolute Gasteiger partial charge is 0.497 e. The van der Waals surface area contributed by atoms with Crippen LogP contribution in [0.3, 0.4) is 0 Å². The number of anilines is 1. The minimum Gasteiger partial charge on any atom is -0.497 e. The Morgan fingerprint density at radius 1 is 1.07 bits per heavy atom. The fourth-order valence-electron chi connectivity index (χ4n) is 3.64. The molecule has 0 aromatic heterocycles. The summed E-state index contributed by atoms with van der Waals surface area (Å²) in [5, 5.41) is 2.83. The highest BCUT2D eigenvalue weighted by molar-refractivity contribution is 7.89. The summed E-state index contributed by atoms with van der Waals surface area (Å²) < 4.78 is 43.8. The number of ether oxygens (including phenoxy) is 3. The van der Waals surface area contributed by atoms with Gasteiger partial charge < -0.3 is 19.5 Å². The van der Waals surface area contributed by atoms with Gasteiger partial charge in [0.2, 0.25) is 15.9 Å². The van der Waals surface area contributed by atoms with Gasteiger partial charge in [-0.25, -0.2) is 8.42 Å². The van der Waals surface area contributed by atoms with Crippen LogP contribution in [0, 0.1) is 0 Å². The molecule has 4 rings (SSSR count). The SMILES string of the molecule is COc1ccc(S(=O)(=O)N2CCCC2C(=O)Nc2ccc3c(c2)OCCCO3)cc1. The van der Waals surface area contributed by atoms with Crippen molar-refractivity contribution < 1.29 is 27.4 Å². The van der Waals surface area contributed by atoms with Crippen molar-refractivity contribution in [2.75, 3.05) is 32.2 Å². The van der Waals surface area contributed by atoms with Gasteiger partial charge in [-0.05, 0) is 49.2 Å². The van der Waals surface area contributed by atoms with E-state index in [9.17, 15) is 13.2 Å². The predicted octanol–water partition coefficient (Wildman–Crippen LogP) is 2.65. The third kappa shape index (κ3) is 4.08. The number of carbonyl (C=O) groups excluding carboxylic acids is 1. The number of amides is 1. The van der Waals surface area contributed by atoms with Crippen LogP contribution in [0.1, 0.15) is 19.3 Å². The average Bonchev–Trinajstić information content (AvgIpc) is 3.15. The third-order valence-corrected chi connectivity index (χ3v) is 7.11. The van der Waals surface area contributed by atoms with Crippen molar-refractivity contribution in [1.29, 1.82) is 0 Å². The molecule has 2 aliphatic rings. The van der Waals surface area contributed by atoms with Crippen LogP contribution in [0.2, 0.25) is 0 Å². The molecule has 1 amide bonds. The van der Waals surface area contributed by atoms with Gasteiger partial charge in [-0.2, -0.15) is 4.31 Å². The number of hydrogen-bond donors (Lipinski definition) is 1. The molecule has 0 spiro atoms. The molecule has 1 unspecified atom stereocenters. The molecule has 0 bridgehead atoms. The van der Waals surface area contributed by atoms with Crippen LogP contribution < -0.4 is 19.5 Å². The van der Waals surface area contributed by atoms with Crippen LogP contribution in [-0.2, 0) is 14.8 Å². The van der Waals surface area contributed by atoms with E-state index in [2.05, 4.69) is 5.32 Å². The summed E-state index contributed by atoms with van der Waals surface area (Å²) in [6.07, 6.45) is 1.87. The number of carbonyl (C=O) groups is 1.